The second-order valence-electron chi connectivity index (χ2n) is 5.92. The van der Waals surface area contributed by atoms with Gasteiger partial charge in [-0.25, -0.2) is 9.37 Å². The minimum Gasteiger partial charge on any atom is -0.476 e. The molecule has 1 saturated heterocycles. The van der Waals surface area contributed by atoms with Gasteiger partial charge in [-0.1, -0.05) is 0 Å². The molecule has 0 aliphatic carbocycles. The highest BCUT2D eigenvalue weighted by molar-refractivity contribution is 7.33. The maximum Gasteiger partial charge on any atom is 0.697 e. The highest BCUT2D eigenvalue weighted by atomic mass is 31.1. The van der Waals surface area contributed by atoms with E-state index >= 15 is 4.39 Å². The summed E-state index contributed by atoms with van der Waals surface area (Å²) in [6, 6.07) is 0. The molecule has 0 spiro atoms. The van der Waals surface area contributed by atoms with Gasteiger partial charge in [-0.05, 0) is 20.8 Å². The third-order valence-electron chi connectivity index (χ3n) is 4.10. The van der Waals surface area contributed by atoms with Crippen LogP contribution in [0, 0.1) is 0 Å². The molecule has 0 amide bonds. The smallest absolute Gasteiger partial charge is 0.476 e. The Morgan fingerprint density at radius 3 is 2.88 bits per heavy atom. The van der Waals surface area contributed by atoms with Gasteiger partial charge in [0.05, 0.1) is 26.1 Å². The van der Waals surface area contributed by atoms with Crippen molar-refractivity contribution in [2.24, 2.45) is 0 Å². The molecule has 1 fully saturated rings. The van der Waals surface area contributed by atoms with Gasteiger partial charge in [0.25, 0.3) is 0 Å². The molecule has 2 aromatic rings. The van der Waals surface area contributed by atoms with Crippen LogP contribution >= 0.6 is 8.25 Å². The number of nitrogens with zero attached hydrogens (tertiary/aromatic N) is 4. The fourth-order valence-electron chi connectivity index (χ4n) is 2.98. The van der Waals surface area contributed by atoms with E-state index in [9.17, 15) is 4.57 Å². The Bertz CT molecular complexity index is 831. The minimum atomic E-state index is -2.46. The lowest BCUT2D eigenvalue weighted by molar-refractivity contribution is -0.0416. The predicted octanol–water partition coefficient (Wildman–Crippen LogP) is 2.14. The Kier molecular flexibility index (Phi) is 5.07. The van der Waals surface area contributed by atoms with E-state index in [0.29, 0.717) is 12.1 Å². The molecule has 5 atom stereocenters. The summed E-state index contributed by atoms with van der Waals surface area (Å²) >= 11 is 0. The number of nitrogen functional groups attached to an aromatic ring is 1. The van der Waals surface area contributed by atoms with Crippen molar-refractivity contribution < 1.29 is 27.5 Å². The van der Waals surface area contributed by atoms with Crippen molar-refractivity contribution in [3.63, 3.8) is 0 Å². The molecule has 142 valence electrons. The van der Waals surface area contributed by atoms with Gasteiger partial charge in [0.2, 0.25) is 11.8 Å². The number of nitrogens with two attached hydrogens (primary N) is 1. The Hall–Kier alpha value is -1.94. The third kappa shape index (κ3) is 3.11. The number of hydrogen-bond donors (Lipinski definition) is 1. The van der Waals surface area contributed by atoms with Crippen molar-refractivity contribution in [1.29, 1.82) is 0 Å². The average Bonchev–Trinajstić information content (AvgIpc) is 3.08. The Balaban J connectivity index is 2.02. The highest BCUT2D eigenvalue weighted by Crippen LogP contribution is 2.47. The monoisotopic (exact) mass is 388 g/mol. The molecule has 12 heteroatoms. The van der Waals surface area contributed by atoms with E-state index in [0.717, 1.165) is 0 Å². The molecule has 10 nitrogen and oxygen atoms in total. The fraction of sp³-hybridized carbons (Fsp3) is 0.643. The molecule has 0 bridgehead atoms. The molecule has 3 rings (SSSR count). The number of rotatable bonds is 6. The maximum absolute atomic E-state index is 15.5. The number of aromatic nitrogens is 4. The number of ether oxygens (including phenoxy) is 2. The van der Waals surface area contributed by atoms with E-state index in [1.54, 1.807) is 13.8 Å². The van der Waals surface area contributed by atoms with Gasteiger partial charge in [-0.2, -0.15) is 9.97 Å². The van der Waals surface area contributed by atoms with Crippen LogP contribution in [0.3, 0.4) is 0 Å². The second-order valence-corrected chi connectivity index (χ2v) is 6.94. The summed E-state index contributed by atoms with van der Waals surface area (Å²) in [5.74, 6) is 0.167. The molecule has 0 radical (unpaired) electrons. The van der Waals surface area contributed by atoms with Gasteiger partial charge in [0.1, 0.15) is 0 Å². The average molecular weight is 388 g/mol. The van der Waals surface area contributed by atoms with Crippen molar-refractivity contribution in [2.45, 2.75) is 44.9 Å². The van der Waals surface area contributed by atoms with E-state index < -0.39 is 32.4 Å². The molecule has 0 saturated carbocycles. The third-order valence-corrected chi connectivity index (χ3v) is 4.80. The van der Waals surface area contributed by atoms with Crippen molar-refractivity contribution >= 4 is 25.4 Å². The summed E-state index contributed by atoms with van der Waals surface area (Å²) in [7, 11) is -1.25. The van der Waals surface area contributed by atoms with Crippen molar-refractivity contribution in [3.05, 3.63) is 6.33 Å². The Morgan fingerprint density at radius 1 is 1.50 bits per heavy atom. The van der Waals surface area contributed by atoms with E-state index in [1.807, 2.05) is 0 Å². The molecule has 2 aromatic heterocycles. The van der Waals surface area contributed by atoms with Crippen LogP contribution in [0.4, 0.5) is 10.3 Å². The van der Waals surface area contributed by atoms with Crippen molar-refractivity contribution in [2.75, 3.05) is 19.5 Å². The lowest BCUT2D eigenvalue weighted by atomic mass is 9.99. The zero-order chi connectivity index (χ0) is 19.1. The molecule has 1 aliphatic rings. The van der Waals surface area contributed by atoms with Crippen LogP contribution in [0.5, 0.6) is 5.88 Å². The molecular formula is C14H20FN5O5P+. The molecule has 26 heavy (non-hydrogen) atoms. The standard InChI is InChI=1S/C14H20FN5O5P/c1-5-23-11-8-10(18-13(16)19-11)20(6-17-8)12-14(3,15)9(7(2)24-12)25-26(21)22-4/h6-7,9,12H,5H2,1-4H3,(H2,16,18,19)/q+1/t7-,9-,12-,14-/m1/s1. The fourth-order valence-corrected chi connectivity index (χ4v) is 3.63. The van der Waals surface area contributed by atoms with Crippen LogP contribution in [-0.4, -0.2) is 51.1 Å². The van der Waals surface area contributed by atoms with E-state index in [2.05, 4.69) is 19.5 Å². The summed E-state index contributed by atoms with van der Waals surface area (Å²) in [6.45, 7) is 5.07. The van der Waals surface area contributed by atoms with Crippen LogP contribution in [0.1, 0.15) is 27.0 Å². The number of imidazole rings is 1. The molecule has 1 unspecified atom stereocenters. The quantitative estimate of drug-likeness (QED) is 0.741. The van der Waals surface area contributed by atoms with Crippen LogP contribution in [0.15, 0.2) is 6.33 Å². The second kappa shape index (κ2) is 6.99. The highest BCUT2D eigenvalue weighted by Gasteiger charge is 2.59. The van der Waals surface area contributed by atoms with Gasteiger partial charge in [0, 0.05) is 4.57 Å². The zero-order valence-electron chi connectivity index (χ0n) is 14.7. The van der Waals surface area contributed by atoms with Gasteiger partial charge in [-0.3, -0.25) is 4.57 Å². The minimum absolute atomic E-state index is 0.0374. The SMILES string of the molecule is CCOc1nc(N)nc2c1ncn2[C@@H]1O[C@H](C)[C@@H](O[P+](=O)OC)[C@@]1(C)F. The van der Waals surface area contributed by atoms with Crippen LogP contribution < -0.4 is 10.5 Å². The lowest BCUT2D eigenvalue weighted by Gasteiger charge is -2.24. The number of alkyl halides is 1. The van der Waals surface area contributed by atoms with Gasteiger partial charge in [-0.15, -0.1) is 9.05 Å². The summed E-state index contributed by atoms with van der Waals surface area (Å²) in [4.78, 5) is 12.3. The Morgan fingerprint density at radius 2 is 2.23 bits per heavy atom. The number of hydrogen-bond acceptors (Lipinski definition) is 9. The first-order valence-corrected chi connectivity index (χ1v) is 9.04. The van der Waals surface area contributed by atoms with Gasteiger partial charge < -0.3 is 15.2 Å². The van der Waals surface area contributed by atoms with E-state index in [-0.39, 0.29) is 17.5 Å². The molecule has 2 N–H and O–H groups in total. The van der Waals surface area contributed by atoms with E-state index in [4.69, 9.17) is 19.7 Å². The summed E-state index contributed by atoms with van der Waals surface area (Å²) in [5, 5.41) is 0. The molecule has 0 aromatic carbocycles. The predicted molar refractivity (Wildman–Crippen MR) is 89.5 cm³/mol. The summed E-state index contributed by atoms with van der Waals surface area (Å²) < 4.78 is 49.4. The van der Waals surface area contributed by atoms with E-state index in [1.165, 1.54) is 24.9 Å². The van der Waals surface area contributed by atoms with Crippen LogP contribution in [-0.2, 0) is 18.3 Å². The van der Waals surface area contributed by atoms with Crippen LogP contribution in [0.2, 0.25) is 0 Å². The summed E-state index contributed by atoms with van der Waals surface area (Å²) in [5.41, 5.74) is 4.29. The first-order chi connectivity index (χ1) is 12.3. The van der Waals surface area contributed by atoms with Crippen LogP contribution in [0.25, 0.3) is 11.2 Å². The first kappa shape index (κ1) is 18.8. The molecule has 3 heterocycles. The van der Waals surface area contributed by atoms with Crippen molar-refractivity contribution in [1.82, 2.24) is 19.5 Å². The Labute approximate surface area is 149 Å². The number of halogens is 1. The molecule has 1 aliphatic heterocycles. The lowest BCUT2D eigenvalue weighted by Crippen LogP contribution is -2.40. The number of anilines is 1. The maximum atomic E-state index is 15.5. The van der Waals surface area contributed by atoms with Crippen molar-refractivity contribution in [3.8, 4) is 5.88 Å². The number of fused-ring (bicyclic) bond motifs is 1. The van der Waals surface area contributed by atoms with Gasteiger partial charge >= 0.3 is 8.25 Å². The normalized spacial score (nSPS) is 29.3. The largest absolute Gasteiger partial charge is 0.697 e. The van der Waals surface area contributed by atoms with Gasteiger partial charge in [0.15, 0.2) is 29.2 Å². The first-order valence-electron chi connectivity index (χ1n) is 7.94. The zero-order valence-corrected chi connectivity index (χ0v) is 15.6. The molecular weight excluding hydrogens is 368 g/mol. The topological polar surface area (TPSA) is 124 Å². The summed E-state index contributed by atoms with van der Waals surface area (Å²) in [6.07, 6.45) is -1.56.